The van der Waals surface area contributed by atoms with Gasteiger partial charge in [-0.2, -0.15) is 0 Å². The Morgan fingerprint density at radius 1 is 1.23 bits per heavy atom. The maximum Gasteiger partial charge on any atom is 0.357 e. The molecule has 0 aliphatic rings. The third-order valence-corrected chi connectivity index (χ3v) is 4.45. The number of hydrogen-bond acceptors (Lipinski definition) is 5. The highest BCUT2D eigenvalue weighted by atomic mass is 16.5. The number of aromatic nitrogens is 5. The number of rotatable bonds is 3. The fourth-order valence-corrected chi connectivity index (χ4v) is 3.20. The van der Waals surface area contributed by atoms with Crippen LogP contribution in [0.15, 0.2) is 41.5 Å². The predicted molar refractivity (Wildman–Crippen MR) is 95.3 cm³/mol. The minimum Gasteiger partial charge on any atom is -0.464 e. The van der Waals surface area contributed by atoms with Crippen LogP contribution < -0.4 is 5.56 Å². The predicted octanol–water partition coefficient (Wildman–Crippen LogP) is 1.53. The summed E-state index contributed by atoms with van der Waals surface area (Å²) in [4.78, 5) is 34.1. The van der Waals surface area contributed by atoms with E-state index in [1.54, 1.807) is 29.4 Å². The molecule has 0 atom stereocenters. The van der Waals surface area contributed by atoms with E-state index in [-0.39, 0.29) is 11.3 Å². The molecule has 0 N–H and O–H groups in total. The second kappa shape index (κ2) is 5.83. The van der Waals surface area contributed by atoms with Gasteiger partial charge in [0.15, 0.2) is 16.9 Å². The molecule has 0 bridgehead atoms. The lowest BCUT2D eigenvalue weighted by Crippen LogP contribution is -2.23. The van der Waals surface area contributed by atoms with E-state index in [9.17, 15) is 9.59 Å². The van der Waals surface area contributed by atoms with Crippen molar-refractivity contribution in [3.8, 4) is 0 Å². The first kappa shape index (κ1) is 16.1. The Kier molecular flexibility index (Phi) is 3.61. The summed E-state index contributed by atoms with van der Waals surface area (Å²) in [5.74, 6) is -0.245. The van der Waals surface area contributed by atoms with Crippen molar-refractivity contribution in [2.45, 2.75) is 13.5 Å². The molecule has 4 aromatic rings. The molecule has 132 valence electrons. The Hall–Kier alpha value is -3.42. The number of fused-ring (bicyclic) bond motifs is 2. The van der Waals surface area contributed by atoms with Gasteiger partial charge in [0.2, 0.25) is 5.78 Å². The number of carbonyl (C=O) groups excluding carboxylic acids is 1. The van der Waals surface area contributed by atoms with Gasteiger partial charge in [-0.3, -0.25) is 9.36 Å². The van der Waals surface area contributed by atoms with Gasteiger partial charge in [0.1, 0.15) is 0 Å². The van der Waals surface area contributed by atoms with Crippen LogP contribution in [0, 0.1) is 6.92 Å². The van der Waals surface area contributed by atoms with Gasteiger partial charge in [-0.25, -0.2) is 19.2 Å². The fourth-order valence-electron chi connectivity index (χ4n) is 3.20. The van der Waals surface area contributed by atoms with E-state index in [0.29, 0.717) is 29.2 Å². The van der Waals surface area contributed by atoms with Crippen LogP contribution in [0.3, 0.4) is 0 Å². The lowest BCUT2D eigenvalue weighted by molar-refractivity contribution is 0.0591. The van der Waals surface area contributed by atoms with Crippen molar-refractivity contribution in [3.63, 3.8) is 0 Å². The van der Waals surface area contributed by atoms with Gasteiger partial charge >= 0.3 is 5.97 Å². The number of imidazole rings is 2. The van der Waals surface area contributed by atoms with Gasteiger partial charge in [-0.1, -0.05) is 30.3 Å². The van der Waals surface area contributed by atoms with Gasteiger partial charge < -0.3 is 9.30 Å². The molecule has 0 spiro atoms. The third-order valence-electron chi connectivity index (χ3n) is 4.45. The van der Waals surface area contributed by atoms with Crippen molar-refractivity contribution in [2.75, 3.05) is 7.11 Å². The van der Waals surface area contributed by atoms with Crippen LogP contribution in [0.5, 0.6) is 0 Å². The van der Waals surface area contributed by atoms with Crippen LogP contribution in [-0.2, 0) is 18.3 Å². The first-order valence-corrected chi connectivity index (χ1v) is 8.08. The molecule has 3 aromatic heterocycles. The number of ether oxygens (including phenoxy) is 1. The van der Waals surface area contributed by atoms with E-state index < -0.39 is 5.97 Å². The van der Waals surface area contributed by atoms with Crippen LogP contribution in [-0.4, -0.2) is 36.6 Å². The highest BCUT2D eigenvalue weighted by Crippen LogP contribution is 2.17. The van der Waals surface area contributed by atoms with Crippen molar-refractivity contribution in [1.29, 1.82) is 0 Å². The Balaban J connectivity index is 2.04. The minimum absolute atomic E-state index is 0.137. The number of carbonyl (C=O) groups is 1. The van der Waals surface area contributed by atoms with Crippen molar-refractivity contribution in [2.24, 2.45) is 7.05 Å². The molecule has 0 saturated heterocycles. The zero-order valence-corrected chi connectivity index (χ0v) is 14.6. The average molecular weight is 351 g/mol. The number of hydrogen-bond donors (Lipinski definition) is 0. The summed E-state index contributed by atoms with van der Waals surface area (Å²) in [5.41, 5.74) is 2.20. The van der Waals surface area contributed by atoms with Gasteiger partial charge in [-0.05, 0) is 12.5 Å². The Morgan fingerprint density at radius 3 is 2.65 bits per heavy atom. The Labute approximate surface area is 148 Å². The van der Waals surface area contributed by atoms with Gasteiger partial charge in [0.05, 0.1) is 19.1 Å². The average Bonchev–Trinajstić information content (AvgIpc) is 3.22. The summed E-state index contributed by atoms with van der Waals surface area (Å²) < 4.78 is 9.61. The van der Waals surface area contributed by atoms with Crippen LogP contribution >= 0.6 is 0 Å². The van der Waals surface area contributed by atoms with E-state index in [1.165, 1.54) is 11.5 Å². The van der Waals surface area contributed by atoms with E-state index in [0.717, 1.165) is 5.56 Å². The fraction of sp³-hybridized carbons (Fsp3) is 0.222. The Morgan fingerprint density at radius 2 is 1.96 bits per heavy atom. The molecule has 0 aliphatic carbocycles. The van der Waals surface area contributed by atoms with E-state index in [2.05, 4.69) is 9.97 Å². The van der Waals surface area contributed by atoms with Crippen LogP contribution in [0.25, 0.3) is 16.9 Å². The molecule has 0 fully saturated rings. The number of aryl methyl sites for hydroxylation is 2. The first-order valence-electron chi connectivity index (χ1n) is 8.08. The summed E-state index contributed by atoms with van der Waals surface area (Å²) in [6.07, 6.45) is 1.63. The van der Waals surface area contributed by atoms with Crippen molar-refractivity contribution < 1.29 is 9.53 Å². The van der Waals surface area contributed by atoms with Crippen LogP contribution in [0.1, 0.15) is 21.7 Å². The molecule has 4 rings (SSSR count). The summed E-state index contributed by atoms with van der Waals surface area (Å²) in [7, 11) is 3.05. The number of nitrogens with zero attached hydrogens (tertiary/aromatic N) is 5. The monoisotopic (exact) mass is 351 g/mol. The third kappa shape index (κ3) is 2.22. The second-order valence-electron chi connectivity index (χ2n) is 6.07. The molecular formula is C18H17N5O3. The highest BCUT2D eigenvalue weighted by Gasteiger charge is 2.24. The van der Waals surface area contributed by atoms with Crippen molar-refractivity contribution in [3.05, 3.63) is 64.0 Å². The minimum atomic E-state index is -0.597. The lowest BCUT2D eigenvalue weighted by atomic mass is 10.2. The molecule has 26 heavy (non-hydrogen) atoms. The summed E-state index contributed by atoms with van der Waals surface area (Å²) in [6.45, 7) is 2.17. The molecule has 0 amide bonds. The molecule has 0 radical (unpaired) electrons. The summed E-state index contributed by atoms with van der Waals surface area (Å²) >= 11 is 0. The zero-order valence-electron chi connectivity index (χ0n) is 14.6. The SMILES string of the molecule is COC(=O)c1c(C)nc2n(C)c3ncn(Cc4ccccc4)c3c(=O)n12. The molecule has 8 nitrogen and oxygen atoms in total. The number of esters is 1. The molecule has 8 heteroatoms. The second-order valence-corrected chi connectivity index (χ2v) is 6.07. The van der Waals surface area contributed by atoms with Crippen molar-refractivity contribution >= 4 is 22.9 Å². The highest BCUT2D eigenvalue weighted by molar-refractivity contribution is 5.90. The molecule has 0 unspecified atom stereocenters. The van der Waals surface area contributed by atoms with Crippen LogP contribution in [0.4, 0.5) is 0 Å². The maximum absolute atomic E-state index is 13.2. The largest absolute Gasteiger partial charge is 0.464 e. The molecule has 3 heterocycles. The van der Waals surface area contributed by atoms with E-state index >= 15 is 0 Å². The molecule has 0 saturated carbocycles. The zero-order chi connectivity index (χ0) is 18.4. The normalized spacial score (nSPS) is 11.3. The smallest absolute Gasteiger partial charge is 0.357 e. The van der Waals surface area contributed by atoms with Gasteiger partial charge in [0.25, 0.3) is 5.56 Å². The van der Waals surface area contributed by atoms with Gasteiger partial charge in [0, 0.05) is 13.6 Å². The number of methoxy groups -OCH3 is 1. The first-order chi connectivity index (χ1) is 12.5. The Bertz CT molecular complexity index is 1200. The van der Waals surface area contributed by atoms with E-state index in [1.807, 2.05) is 30.3 Å². The quantitative estimate of drug-likeness (QED) is 0.523. The lowest BCUT2D eigenvalue weighted by Gasteiger charge is -2.08. The summed E-state index contributed by atoms with van der Waals surface area (Å²) in [5, 5.41) is 0. The topological polar surface area (TPSA) is 83.4 Å². The van der Waals surface area contributed by atoms with Crippen LogP contribution in [0.2, 0.25) is 0 Å². The maximum atomic E-state index is 13.2. The molecular weight excluding hydrogens is 334 g/mol. The number of benzene rings is 1. The molecule has 0 aliphatic heterocycles. The molecule has 1 aromatic carbocycles. The standard InChI is InChI=1S/C18H17N5O3/c1-11-13(17(25)26-3)23-16(24)14-15(21(2)18(23)20-11)19-10-22(14)9-12-7-5-4-6-8-12/h4-8,10H,9H2,1-3H3. The van der Waals surface area contributed by atoms with E-state index in [4.69, 9.17) is 4.74 Å². The van der Waals surface area contributed by atoms with Crippen molar-refractivity contribution in [1.82, 2.24) is 23.5 Å². The summed E-state index contributed by atoms with van der Waals surface area (Å²) in [6, 6.07) is 9.79. The van der Waals surface area contributed by atoms with Gasteiger partial charge in [-0.15, -0.1) is 0 Å².